The molecule has 0 spiro atoms. The molecule has 0 unspecified atom stereocenters. The number of rotatable bonds is 2. The lowest BCUT2D eigenvalue weighted by Crippen LogP contribution is -2.31. The average Bonchev–Trinajstić information content (AvgIpc) is 2.94. The Bertz CT molecular complexity index is 908. The van der Waals surface area contributed by atoms with E-state index in [0.29, 0.717) is 6.54 Å². The quantitative estimate of drug-likeness (QED) is 0.740. The number of nitrogens with zero attached hydrogens (tertiary/aromatic N) is 1. The van der Waals surface area contributed by atoms with Crippen LogP contribution >= 0.6 is 0 Å². The summed E-state index contributed by atoms with van der Waals surface area (Å²) in [5, 5.41) is 3.08. The lowest BCUT2D eigenvalue weighted by molar-refractivity contribution is 0.0945. The SMILES string of the molecule is CC1(C)CNC(=O)c2cc(-c3ccccc3)n(-c3ccccc3)c2C1. The molecule has 2 heterocycles. The van der Waals surface area contributed by atoms with Gasteiger partial charge in [0.2, 0.25) is 0 Å². The number of hydrogen-bond acceptors (Lipinski definition) is 1. The predicted octanol–water partition coefficient (Wildman–Crippen LogP) is 4.46. The van der Waals surface area contributed by atoms with Gasteiger partial charge in [0.25, 0.3) is 5.91 Å². The first-order valence-corrected chi connectivity index (χ1v) is 8.69. The molecule has 0 saturated carbocycles. The van der Waals surface area contributed by atoms with Gasteiger partial charge in [-0.25, -0.2) is 0 Å². The normalized spacial score (nSPS) is 16.0. The van der Waals surface area contributed by atoms with Gasteiger partial charge in [-0.1, -0.05) is 62.4 Å². The van der Waals surface area contributed by atoms with Crippen LogP contribution in [-0.4, -0.2) is 17.0 Å². The molecular weight excluding hydrogens is 308 g/mol. The fourth-order valence-corrected chi connectivity index (χ4v) is 3.55. The lowest BCUT2D eigenvalue weighted by Gasteiger charge is -2.24. The fourth-order valence-electron chi connectivity index (χ4n) is 3.55. The zero-order chi connectivity index (χ0) is 17.4. The smallest absolute Gasteiger partial charge is 0.253 e. The van der Waals surface area contributed by atoms with Crippen molar-refractivity contribution in [2.75, 3.05) is 6.54 Å². The summed E-state index contributed by atoms with van der Waals surface area (Å²) in [7, 11) is 0. The Kier molecular flexibility index (Phi) is 3.72. The molecule has 0 fully saturated rings. The summed E-state index contributed by atoms with van der Waals surface area (Å²) in [5.74, 6) is 0.0208. The maximum Gasteiger partial charge on any atom is 0.253 e. The molecule has 1 amide bonds. The second kappa shape index (κ2) is 5.92. The van der Waals surface area contributed by atoms with Crippen LogP contribution in [0.25, 0.3) is 16.9 Å². The highest BCUT2D eigenvalue weighted by Gasteiger charge is 2.31. The molecule has 0 atom stereocenters. The van der Waals surface area contributed by atoms with E-state index in [1.165, 1.54) is 0 Å². The van der Waals surface area contributed by atoms with Crippen LogP contribution in [0.4, 0.5) is 0 Å². The van der Waals surface area contributed by atoms with E-state index in [1.54, 1.807) is 0 Å². The molecule has 3 heteroatoms. The minimum absolute atomic E-state index is 0.0136. The zero-order valence-corrected chi connectivity index (χ0v) is 14.6. The number of nitrogens with one attached hydrogen (secondary N) is 1. The van der Waals surface area contributed by atoms with Crippen LogP contribution in [0.15, 0.2) is 66.7 Å². The number of hydrogen-bond donors (Lipinski definition) is 1. The summed E-state index contributed by atoms with van der Waals surface area (Å²) in [6.45, 7) is 5.09. The standard InChI is InChI=1S/C22H22N2O/c1-22(2)14-20-18(21(25)23-15-22)13-19(16-9-5-3-6-10-16)24(20)17-11-7-4-8-12-17/h3-13H,14-15H2,1-2H3,(H,23,25). The van der Waals surface area contributed by atoms with Crippen molar-refractivity contribution in [2.24, 2.45) is 5.41 Å². The van der Waals surface area contributed by atoms with Crippen molar-refractivity contribution in [3.63, 3.8) is 0 Å². The highest BCUT2D eigenvalue weighted by atomic mass is 16.1. The van der Waals surface area contributed by atoms with Gasteiger partial charge in [0.15, 0.2) is 0 Å². The van der Waals surface area contributed by atoms with Gasteiger partial charge in [-0.3, -0.25) is 4.79 Å². The summed E-state index contributed by atoms with van der Waals surface area (Å²) >= 11 is 0. The highest BCUT2D eigenvalue weighted by Crippen LogP contribution is 2.35. The number of para-hydroxylation sites is 1. The fraction of sp³-hybridized carbons (Fsp3) is 0.227. The van der Waals surface area contributed by atoms with E-state index in [1.807, 2.05) is 42.5 Å². The summed E-state index contributed by atoms with van der Waals surface area (Å²) in [5.41, 5.74) is 5.15. The van der Waals surface area contributed by atoms with Crippen LogP contribution < -0.4 is 5.32 Å². The van der Waals surface area contributed by atoms with E-state index in [2.05, 4.69) is 48.0 Å². The number of fused-ring (bicyclic) bond motifs is 1. The van der Waals surface area contributed by atoms with E-state index in [0.717, 1.165) is 34.6 Å². The first-order valence-electron chi connectivity index (χ1n) is 8.69. The maximum absolute atomic E-state index is 12.7. The van der Waals surface area contributed by atoms with Crippen LogP contribution in [-0.2, 0) is 6.42 Å². The molecule has 1 aromatic heterocycles. The second-order valence-electron chi connectivity index (χ2n) is 7.45. The maximum atomic E-state index is 12.7. The van der Waals surface area contributed by atoms with Crippen LogP contribution in [0.3, 0.4) is 0 Å². The second-order valence-corrected chi connectivity index (χ2v) is 7.45. The van der Waals surface area contributed by atoms with Crippen molar-refractivity contribution in [1.82, 2.24) is 9.88 Å². The topological polar surface area (TPSA) is 34.0 Å². The summed E-state index contributed by atoms with van der Waals surface area (Å²) in [6.07, 6.45) is 0.850. The van der Waals surface area contributed by atoms with Gasteiger partial charge in [0.1, 0.15) is 0 Å². The first kappa shape index (κ1) is 15.7. The monoisotopic (exact) mass is 330 g/mol. The van der Waals surface area contributed by atoms with Crippen molar-refractivity contribution < 1.29 is 4.79 Å². The average molecular weight is 330 g/mol. The van der Waals surface area contributed by atoms with Gasteiger partial charge >= 0.3 is 0 Å². The molecule has 0 aliphatic carbocycles. The molecule has 126 valence electrons. The van der Waals surface area contributed by atoms with Gasteiger partial charge in [0, 0.05) is 17.9 Å². The van der Waals surface area contributed by atoms with Gasteiger partial charge in [-0.2, -0.15) is 0 Å². The predicted molar refractivity (Wildman–Crippen MR) is 101 cm³/mol. The van der Waals surface area contributed by atoms with Crippen LogP contribution in [0, 0.1) is 5.41 Å². The van der Waals surface area contributed by atoms with Crippen LogP contribution in [0.5, 0.6) is 0 Å². The Balaban J connectivity index is 2.01. The Morgan fingerprint density at radius 3 is 2.28 bits per heavy atom. The van der Waals surface area contributed by atoms with Crippen molar-refractivity contribution in [3.05, 3.63) is 78.0 Å². The molecule has 4 rings (SSSR count). The van der Waals surface area contributed by atoms with Crippen molar-refractivity contribution in [2.45, 2.75) is 20.3 Å². The Hall–Kier alpha value is -2.81. The molecular formula is C22H22N2O. The van der Waals surface area contributed by atoms with Crippen LogP contribution in [0.1, 0.15) is 29.9 Å². The number of carbonyl (C=O) groups excluding carboxylic acids is 1. The van der Waals surface area contributed by atoms with Crippen molar-refractivity contribution in [3.8, 4) is 16.9 Å². The molecule has 0 radical (unpaired) electrons. The molecule has 0 saturated heterocycles. The largest absolute Gasteiger partial charge is 0.351 e. The highest BCUT2D eigenvalue weighted by molar-refractivity contribution is 5.97. The molecule has 3 nitrogen and oxygen atoms in total. The van der Waals surface area contributed by atoms with Gasteiger partial charge in [0.05, 0.1) is 11.3 Å². The molecule has 1 aliphatic rings. The first-order chi connectivity index (χ1) is 12.1. The van der Waals surface area contributed by atoms with Crippen molar-refractivity contribution in [1.29, 1.82) is 0 Å². The molecule has 3 aromatic rings. The molecule has 25 heavy (non-hydrogen) atoms. The van der Waals surface area contributed by atoms with Crippen LogP contribution in [0.2, 0.25) is 0 Å². The molecule has 2 aromatic carbocycles. The minimum Gasteiger partial charge on any atom is -0.351 e. The van der Waals surface area contributed by atoms with Gasteiger partial charge < -0.3 is 9.88 Å². The third kappa shape index (κ3) is 2.86. The van der Waals surface area contributed by atoms with E-state index < -0.39 is 0 Å². The summed E-state index contributed by atoms with van der Waals surface area (Å²) < 4.78 is 2.25. The Labute approximate surface area is 148 Å². The van der Waals surface area contributed by atoms with Gasteiger partial charge in [-0.05, 0) is 35.6 Å². The molecule has 1 N–H and O–H groups in total. The van der Waals surface area contributed by atoms with E-state index in [9.17, 15) is 4.79 Å². The summed E-state index contributed by atoms with van der Waals surface area (Å²) in [4.78, 5) is 12.7. The van der Waals surface area contributed by atoms with Crippen molar-refractivity contribution >= 4 is 5.91 Å². The van der Waals surface area contributed by atoms with E-state index >= 15 is 0 Å². The number of carbonyl (C=O) groups is 1. The summed E-state index contributed by atoms with van der Waals surface area (Å²) in [6, 6.07) is 22.6. The number of amides is 1. The van der Waals surface area contributed by atoms with Gasteiger partial charge in [-0.15, -0.1) is 0 Å². The third-order valence-electron chi connectivity index (χ3n) is 4.80. The number of aromatic nitrogens is 1. The molecule has 0 bridgehead atoms. The minimum atomic E-state index is 0.0136. The third-order valence-corrected chi connectivity index (χ3v) is 4.80. The zero-order valence-electron chi connectivity index (χ0n) is 14.6. The Morgan fingerprint density at radius 2 is 1.60 bits per heavy atom. The lowest BCUT2D eigenvalue weighted by atomic mass is 9.88. The molecule has 1 aliphatic heterocycles. The Morgan fingerprint density at radius 1 is 0.960 bits per heavy atom. The van der Waals surface area contributed by atoms with E-state index in [-0.39, 0.29) is 11.3 Å². The van der Waals surface area contributed by atoms with E-state index in [4.69, 9.17) is 0 Å². The number of benzene rings is 2.